The van der Waals surface area contributed by atoms with Crippen molar-refractivity contribution in [3.63, 3.8) is 0 Å². The van der Waals surface area contributed by atoms with Gasteiger partial charge in [0.1, 0.15) is 0 Å². The van der Waals surface area contributed by atoms with Crippen molar-refractivity contribution in [3.05, 3.63) is 155 Å². The second-order valence-corrected chi connectivity index (χ2v) is 10.1. The van der Waals surface area contributed by atoms with Gasteiger partial charge in [0.25, 0.3) is 0 Å². The van der Waals surface area contributed by atoms with Gasteiger partial charge in [-0.05, 0) is 89.5 Å². The van der Waals surface area contributed by atoms with Crippen molar-refractivity contribution < 1.29 is 0 Å². The minimum Gasteiger partial charge on any atom is -0.0622 e. The minimum atomic E-state index is 0.201. The molecule has 0 aliphatic heterocycles. The zero-order chi connectivity index (χ0) is 23.6. The second-order valence-electron chi connectivity index (χ2n) is 10.1. The Morgan fingerprint density at radius 3 is 1.75 bits per heavy atom. The molecule has 0 amide bonds. The molecule has 0 saturated carbocycles. The second kappa shape index (κ2) is 7.54. The van der Waals surface area contributed by atoms with Gasteiger partial charge in [-0.25, -0.2) is 0 Å². The van der Waals surface area contributed by atoms with Crippen molar-refractivity contribution in [2.45, 2.75) is 12.3 Å². The topological polar surface area (TPSA) is 0 Å². The Kier molecular flexibility index (Phi) is 4.15. The molecule has 168 valence electrons. The first-order valence-electron chi connectivity index (χ1n) is 12.8. The van der Waals surface area contributed by atoms with Crippen LogP contribution in [0.25, 0.3) is 43.1 Å². The Labute approximate surface area is 210 Å². The summed E-state index contributed by atoms with van der Waals surface area (Å²) in [5.74, 6) is 0.201. The predicted molar refractivity (Wildman–Crippen MR) is 153 cm³/mol. The third-order valence-electron chi connectivity index (χ3n) is 8.17. The molecule has 0 bridgehead atoms. The Balaban J connectivity index is 1.52. The highest BCUT2D eigenvalue weighted by Gasteiger charge is 2.30. The molecule has 8 rings (SSSR count). The molecule has 7 aromatic carbocycles. The van der Waals surface area contributed by atoms with Gasteiger partial charge < -0.3 is 0 Å². The fourth-order valence-electron chi connectivity index (χ4n) is 6.56. The van der Waals surface area contributed by atoms with Crippen LogP contribution in [-0.2, 0) is 6.42 Å². The van der Waals surface area contributed by atoms with Gasteiger partial charge in [0.05, 0.1) is 0 Å². The van der Waals surface area contributed by atoms with E-state index >= 15 is 0 Å². The van der Waals surface area contributed by atoms with Crippen molar-refractivity contribution in [2.75, 3.05) is 0 Å². The van der Waals surface area contributed by atoms with Gasteiger partial charge in [-0.3, -0.25) is 0 Å². The fraction of sp³-hybridized carbons (Fsp3) is 0.0556. The van der Waals surface area contributed by atoms with E-state index in [1.807, 2.05) is 0 Å². The SMILES string of the molecule is c1ccc([C@H]2c3c(ccc4ccccc34)Cc3ccc4cc5ccc6ccccc6c5cc4c32)cc1. The first-order chi connectivity index (χ1) is 17.8. The lowest BCUT2D eigenvalue weighted by Crippen LogP contribution is -2.16. The van der Waals surface area contributed by atoms with Gasteiger partial charge in [0.2, 0.25) is 0 Å². The van der Waals surface area contributed by atoms with Crippen LogP contribution >= 0.6 is 0 Å². The lowest BCUT2D eigenvalue weighted by atomic mass is 9.71. The molecule has 0 spiro atoms. The molecule has 0 aromatic heterocycles. The summed E-state index contributed by atoms with van der Waals surface area (Å²) in [6.45, 7) is 0. The summed E-state index contributed by atoms with van der Waals surface area (Å²) in [4.78, 5) is 0. The van der Waals surface area contributed by atoms with Crippen LogP contribution in [0.1, 0.15) is 33.7 Å². The standard InChI is InChI=1S/C36H24/c1-2-10-25(11-3-1)36-34-28(18-15-24-9-5-7-13-31(24)34)21-29-19-17-27-20-26-16-14-23-8-4-6-12-30(23)32(26)22-33(27)35(29)36/h1-20,22,36H,21H2/t36-/m0/s1. The Hall–Kier alpha value is -4.42. The monoisotopic (exact) mass is 456 g/mol. The maximum atomic E-state index is 2.47. The van der Waals surface area contributed by atoms with Gasteiger partial charge in [-0.2, -0.15) is 0 Å². The molecule has 7 aromatic rings. The number of benzene rings is 7. The fourth-order valence-corrected chi connectivity index (χ4v) is 6.56. The van der Waals surface area contributed by atoms with E-state index in [2.05, 4.69) is 127 Å². The maximum absolute atomic E-state index is 2.47. The van der Waals surface area contributed by atoms with Crippen LogP contribution in [0.2, 0.25) is 0 Å². The van der Waals surface area contributed by atoms with E-state index in [0.717, 1.165) is 6.42 Å². The van der Waals surface area contributed by atoms with E-state index < -0.39 is 0 Å². The van der Waals surface area contributed by atoms with Crippen molar-refractivity contribution in [1.82, 2.24) is 0 Å². The predicted octanol–water partition coefficient (Wildman–Crippen LogP) is 9.38. The van der Waals surface area contributed by atoms with Gasteiger partial charge in [0.15, 0.2) is 0 Å². The summed E-state index contributed by atoms with van der Waals surface area (Å²) in [6, 6.07) is 47.5. The first kappa shape index (κ1) is 19.8. The summed E-state index contributed by atoms with van der Waals surface area (Å²) < 4.78 is 0. The summed E-state index contributed by atoms with van der Waals surface area (Å²) in [5, 5.41) is 10.7. The highest BCUT2D eigenvalue weighted by Crippen LogP contribution is 2.47. The molecule has 0 N–H and O–H groups in total. The van der Waals surface area contributed by atoms with Gasteiger partial charge in [-0.15, -0.1) is 0 Å². The van der Waals surface area contributed by atoms with Crippen LogP contribution in [0.3, 0.4) is 0 Å². The molecule has 0 saturated heterocycles. The highest BCUT2D eigenvalue weighted by molar-refractivity contribution is 6.13. The summed E-state index contributed by atoms with van der Waals surface area (Å²) in [5.41, 5.74) is 7.19. The summed E-state index contributed by atoms with van der Waals surface area (Å²) in [6.07, 6.45) is 0.975. The van der Waals surface area contributed by atoms with Crippen LogP contribution in [0, 0.1) is 0 Å². The molecule has 0 heterocycles. The van der Waals surface area contributed by atoms with Crippen LogP contribution in [0.5, 0.6) is 0 Å². The molecular formula is C36H24. The normalized spacial score (nSPS) is 14.8. The Morgan fingerprint density at radius 1 is 0.389 bits per heavy atom. The number of hydrogen-bond acceptors (Lipinski definition) is 0. The molecule has 1 atom stereocenters. The number of rotatable bonds is 1. The maximum Gasteiger partial charge on any atom is 0.0357 e. The van der Waals surface area contributed by atoms with Crippen LogP contribution in [-0.4, -0.2) is 0 Å². The third kappa shape index (κ3) is 2.82. The molecule has 0 heteroatoms. The average molecular weight is 457 g/mol. The number of hydrogen-bond donors (Lipinski definition) is 0. The summed E-state index contributed by atoms with van der Waals surface area (Å²) >= 11 is 0. The number of fused-ring (bicyclic) bond motifs is 9. The van der Waals surface area contributed by atoms with Crippen molar-refractivity contribution in [2.24, 2.45) is 0 Å². The minimum absolute atomic E-state index is 0.201. The largest absolute Gasteiger partial charge is 0.0622 e. The molecule has 0 unspecified atom stereocenters. The molecule has 0 fully saturated rings. The van der Waals surface area contributed by atoms with E-state index in [1.54, 1.807) is 0 Å². The molecule has 1 aliphatic carbocycles. The van der Waals surface area contributed by atoms with E-state index in [1.165, 1.54) is 70.9 Å². The van der Waals surface area contributed by atoms with E-state index in [4.69, 9.17) is 0 Å². The molecule has 1 aliphatic rings. The Bertz CT molecular complexity index is 1960. The van der Waals surface area contributed by atoms with Gasteiger partial charge in [0, 0.05) is 5.92 Å². The van der Waals surface area contributed by atoms with Crippen molar-refractivity contribution in [3.8, 4) is 0 Å². The van der Waals surface area contributed by atoms with E-state index in [9.17, 15) is 0 Å². The van der Waals surface area contributed by atoms with E-state index in [-0.39, 0.29) is 5.92 Å². The van der Waals surface area contributed by atoms with Crippen molar-refractivity contribution in [1.29, 1.82) is 0 Å². The van der Waals surface area contributed by atoms with Gasteiger partial charge in [-0.1, -0.05) is 115 Å². The molecule has 0 nitrogen and oxygen atoms in total. The summed E-state index contributed by atoms with van der Waals surface area (Å²) in [7, 11) is 0. The average Bonchev–Trinajstić information content (AvgIpc) is 2.95. The van der Waals surface area contributed by atoms with E-state index in [0.29, 0.717) is 0 Å². The molecule has 0 radical (unpaired) electrons. The Morgan fingerprint density at radius 2 is 0.944 bits per heavy atom. The quantitative estimate of drug-likeness (QED) is 0.170. The van der Waals surface area contributed by atoms with Gasteiger partial charge >= 0.3 is 0 Å². The lowest BCUT2D eigenvalue weighted by Gasteiger charge is -2.32. The zero-order valence-corrected chi connectivity index (χ0v) is 19.9. The van der Waals surface area contributed by atoms with Crippen molar-refractivity contribution >= 4 is 43.1 Å². The molecular weight excluding hydrogens is 432 g/mol. The van der Waals surface area contributed by atoms with Crippen LogP contribution in [0.15, 0.2) is 127 Å². The smallest absolute Gasteiger partial charge is 0.0357 e. The van der Waals surface area contributed by atoms with Crippen LogP contribution in [0.4, 0.5) is 0 Å². The third-order valence-corrected chi connectivity index (χ3v) is 8.17. The highest BCUT2D eigenvalue weighted by atomic mass is 14.3. The lowest BCUT2D eigenvalue weighted by molar-refractivity contribution is 0.907. The molecule has 36 heavy (non-hydrogen) atoms. The van der Waals surface area contributed by atoms with Crippen LogP contribution < -0.4 is 0 Å². The zero-order valence-electron chi connectivity index (χ0n) is 19.9. The first-order valence-corrected chi connectivity index (χ1v) is 12.8.